The molecular formula is C16H14N4S. The summed E-state index contributed by atoms with van der Waals surface area (Å²) < 4.78 is 0. The van der Waals surface area contributed by atoms with E-state index in [1.807, 2.05) is 18.2 Å². The van der Waals surface area contributed by atoms with Crippen LogP contribution in [0.25, 0.3) is 23.2 Å². The zero-order valence-corrected chi connectivity index (χ0v) is 12.2. The van der Waals surface area contributed by atoms with Crippen LogP contribution in [0.2, 0.25) is 0 Å². The molecule has 4 nitrogen and oxygen atoms in total. The van der Waals surface area contributed by atoms with Gasteiger partial charge in [-0.15, -0.1) is 11.3 Å². The largest absolute Gasteiger partial charge is 0.368 e. The topological polar surface area (TPSA) is 53.1 Å². The first-order chi connectivity index (χ1) is 10.4. The number of rotatable bonds is 3. The summed E-state index contributed by atoms with van der Waals surface area (Å²) in [5.41, 5.74) is 3.12. The summed E-state index contributed by atoms with van der Waals surface area (Å²) in [5, 5.41) is 5.36. The fourth-order valence-electron chi connectivity index (χ4n) is 2.39. The number of benzene rings is 1. The molecule has 0 atom stereocenters. The Bertz CT molecular complexity index is 827. The van der Waals surface area contributed by atoms with Crippen LogP contribution in [0.3, 0.4) is 0 Å². The average Bonchev–Trinajstić information content (AvgIpc) is 3.24. The maximum atomic E-state index is 4.58. The van der Waals surface area contributed by atoms with Gasteiger partial charge in [0.1, 0.15) is 11.7 Å². The first-order valence-electron chi connectivity index (χ1n) is 6.88. The molecule has 0 bridgehead atoms. The molecule has 3 aromatic rings. The number of aromatic nitrogens is 2. The Kier molecular flexibility index (Phi) is 3.05. The number of fused-ring (bicyclic) bond motifs is 1. The van der Waals surface area contributed by atoms with E-state index in [2.05, 4.69) is 49.9 Å². The highest BCUT2D eigenvalue weighted by Gasteiger charge is 2.09. The number of hydrogen-bond donors (Lipinski definition) is 2. The monoisotopic (exact) mass is 294 g/mol. The van der Waals surface area contributed by atoms with Crippen molar-refractivity contribution in [3.63, 3.8) is 0 Å². The van der Waals surface area contributed by atoms with Gasteiger partial charge in [-0.05, 0) is 41.8 Å². The van der Waals surface area contributed by atoms with Crippen molar-refractivity contribution in [1.82, 2.24) is 15.3 Å². The smallest absolute Gasteiger partial charge is 0.131 e. The molecule has 0 spiro atoms. The Balaban J connectivity index is 1.66. The van der Waals surface area contributed by atoms with Gasteiger partial charge < -0.3 is 10.3 Å². The lowest BCUT2D eigenvalue weighted by Gasteiger charge is -2.01. The molecule has 3 heterocycles. The molecular weight excluding hydrogens is 280 g/mol. The van der Waals surface area contributed by atoms with E-state index in [1.165, 1.54) is 4.88 Å². The van der Waals surface area contributed by atoms with Gasteiger partial charge in [0, 0.05) is 17.0 Å². The van der Waals surface area contributed by atoms with Gasteiger partial charge >= 0.3 is 0 Å². The van der Waals surface area contributed by atoms with E-state index in [1.54, 1.807) is 11.3 Å². The number of imidazole rings is 1. The van der Waals surface area contributed by atoms with Crippen molar-refractivity contribution >= 4 is 40.4 Å². The molecule has 1 aliphatic rings. The lowest BCUT2D eigenvalue weighted by atomic mass is 10.2. The lowest BCUT2D eigenvalue weighted by Crippen LogP contribution is -2.19. The lowest BCUT2D eigenvalue weighted by molar-refractivity contribution is 0.960. The summed E-state index contributed by atoms with van der Waals surface area (Å²) in [7, 11) is 0. The number of aromatic amines is 1. The number of amidine groups is 1. The van der Waals surface area contributed by atoms with E-state index in [0.717, 1.165) is 41.3 Å². The Hall–Kier alpha value is -2.40. The summed E-state index contributed by atoms with van der Waals surface area (Å²) in [6, 6.07) is 10.3. The second-order valence-corrected chi connectivity index (χ2v) is 5.84. The Morgan fingerprint density at radius 2 is 2.19 bits per heavy atom. The minimum atomic E-state index is 0.852. The zero-order chi connectivity index (χ0) is 14.1. The van der Waals surface area contributed by atoms with Crippen molar-refractivity contribution in [2.75, 3.05) is 13.1 Å². The Morgan fingerprint density at radius 3 is 3.00 bits per heavy atom. The third-order valence-corrected chi connectivity index (χ3v) is 4.23. The van der Waals surface area contributed by atoms with E-state index in [-0.39, 0.29) is 0 Å². The number of aliphatic imine (C=N–C) groups is 1. The predicted octanol–water partition coefficient (Wildman–Crippen LogP) is 3.14. The molecule has 2 N–H and O–H groups in total. The fraction of sp³-hybridized carbons (Fsp3) is 0.125. The van der Waals surface area contributed by atoms with Crippen LogP contribution in [0.4, 0.5) is 0 Å². The summed E-state index contributed by atoms with van der Waals surface area (Å²) in [4.78, 5) is 13.6. The molecule has 0 aliphatic carbocycles. The van der Waals surface area contributed by atoms with Crippen LogP contribution >= 0.6 is 11.3 Å². The van der Waals surface area contributed by atoms with Crippen molar-refractivity contribution in [2.24, 2.45) is 4.99 Å². The number of hydrogen-bond acceptors (Lipinski definition) is 4. The van der Waals surface area contributed by atoms with E-state index in [9.17, 15) is 0 Å². The van der Waals surface area contributed by atoms with Crippen molar-refractivity contribution in [3.05, 3.63) is 52.0 Å². The van der Waals surface area contributed by atoms with Crippen LogP contribution in [-0.2, 0) is 0 Å². The van der Waals surface area contributed by atoms with Gasteiger partial charge in [0.05, 0.1) is 17.6 Å². The molecule has 0 unspecified atom stereocenters. The van der Waals surface area contributed by atoms with E-state index in [4.69, 9.17) is 0 Å². The van der Waals surface area contributed by atoms with Crippen molar-refractivity contribution in [3.8, 4) is 0 Å². The zero-order valence-electron chi connectivity index (χ0n) is 11.3. The molecule has 21 heavy (non-hydrogen) atoms. The SMILES string of the molecule is C(=C\c1cccs1)/c1nc2ccc(C3=NCCN3)cc2[nH]1. The Morgan fingerprint density at radius 1 is 1.19 bits per heavy atom. The van der Waals surface area contributed by atoms with Gasteiger partial charge in [-0.3, -0.25) is 4.99 Å². The highest BCUT2D eigenvalue weighted by molar-refractivity contribution is 7.10. The third-order valence-electron chi connectivity index (χ3n) is 3.40. The normalized spacial score (nSPS) is 14.8. The molecule has 5 heteroatoms. The van der Waals surface area contributed by atoms with E-state index >= 15 is 0 Å². The molecule has 0 saturated carbocycles. The number of thiophene rings is 1. The van der Waals surface area contributed by atoms with Crippen LogP contribution < -0.4 is 5.32 Å². The standard InChI is InChI=1S/C16H14N4S/c1-2-12(21-9-1)4-6-15-19-13-5-3-11(10-14(13)20-15)16-17-7-8-18-16/h1-6,9-10H,7-8H2,(H,17,18)(H,19,20)/b6-4+. The second kappa shape index (κ2) is 5.18. The third kappa shape index (κ3) is 2.48. The van der Waals surface area contributed by atoms with Crippen molar-refractivity contribution in [2.45, 2.75) is 0 Å². The Labute approximate surface area is 126 Å². The minimum Gasteiger partial charge on any atom is -0.368 e. The van der Waals surface area contributed by atoms with Crippen LogP contribution in [-0.4, -0.2) is 28.9 Å². The second-order valence-electron chi connectivity index (χ2n) is 4.86. The van der Waals surface area contributed by atoms with Gasteiger partial charge in [0.15, 0.2) is 0 Å². The van der Waals surface area contributed by atoms with Crippen LogP contribution in [0.5, 0.6) is 0 Å². The summed E-state index contributed by atoms with van der Waals surface area (Å²) >= 11 is 1.72. The molecule has 1 aliphatic heterocycles. The molecule has 2 aromatic heterocycles. The highest BCUT2D eigenvalue weighted by Crippen LogP contribution is 2.17. The van der Waals surface area contributed by atoms with Gasteiger partial charge in [-0.2, -0.15) is 0 Å². The summed E-state index contributed by atoms with van der Waals surface area (Å²) in [6.45, 7) is 1.77. The van der Waals surface area contributed by atoms with Crippen LogP contribution in [0.1, 0.15) is 16.3 Å². The van der Waals surface area contributed by atoms with Crippen molar-refractivity contribution < 1.29 is 0 Å². The van der Waals surface area contributed by atoms with Gasteiger partial charge in [0.2, 0.25) is 0 Å². The molecule has 0 amide bonds. The summed E-state index contributed by atoms with van der Waals surface area (Å²) in [5.74, 6) is 1.85. The molecule has 0 saturated heterocycles. The van der Waals surface area contributed by atoms with Gasteiger partial charge in [0.25, 0.3) is 0 Å². The quantitative estimate of drug-likeness (QED) is 0.779. The first-order valence-corrected chi connectivity index (χ1v) is 7.76. The van der Waals surface area contributed by atoms with E-state index < -0.39 is 0 Å². The predicted molar refractivity (Wildman–Crippen MR) is 88.7 cm³/mol. The first kappa shape index (κ1) is 12.3. The maximum absolute atomic E-state index is 4.58. The molecule has 0 fully saturated rings. The molecule has 104 valence electrons. The highest BCUT2D eigenvalue weighted by atomic mass is 32.1. The maximum Gasteiger partial charge on any atom is 0.131 e. The number of nitrogens with one attached hydrogen (secondary N) is 2. The molecule has 1 aromatic carbocycles. The number of H-pyrrole nitrogens is 1. The number of nitrogens with zero attached hydrogens (tertiary/aromatic N) is 2. The summed E-state index contributed by atoms with van der Waals surface area (Å²) in [6.07, 6.45) is 4.09. The fourth-order valence-corrected chi connectivity index (χ4v) is 3.01. The molecule has 4 rings (SSSR count). The molecule has 0 radical (unpaired) electrons. The van der Waals surface area contributed by atoms with Crippen LogP contribution in [0.15, 0.2) is 40.7 Å². The minimum absolute atomic E-state index is 0.852. The van der Waals surface area contributed by atoms with E-state index in [0.29, 0.717) is 0 Å². The van der Waals surface area contributed by atoms with Gasteiger partial charge in [-0.25, -0.2) is 4.98 Å². The van der Waals surface area contributed by atoms with Gasteiger partial charge in [-0.1, -0.05) is 6.07 Å². The average molecular weight is 294 g/mol. The van der Waals surface area contributed by atoms with Crippen LogP contribution in [0, 0.1) is 0 Å². The van der Waals surface area contributed by atoms with Crippen molar-refractivity contribution in [1.29, 1.82) is 0 Å².